The molecule has 0 saturated carbocycles. The first-order chi connectivity index (χ1) is 12.8. The van der Waals surface area contributed by atoms with Gasteiger partial charge in [-0.1, -0.05) is 30.3 Å². The molecule has 0 amide bonds. The number of aliphatic hydroxyl groups is 2. The Morgan fingerprint density at radius 2 is 1.85 bits per heavy atom. The third-order valence-corrected chi connectivity index (χ3v) is 5.32. The van der Waals surface area contributed by atoms with Crippen LogP contribution in [-0.4, -0.2) is 53.6 Å². The lowest BCUT2D eigenvalue weighted by Gasteiger charge is -2.28. The van der Waals surface area contributed by atoms with Gasteiger partial charge in [-0.2, -0.15) is 13.2 Å². The van der Waals surface area contributed by atoms with Crippen molar-refractivity contribution < 1.29 is 28.1 Å². The molecule has 2 atom stereocenters. The molecule has 1 unspecified atom stereocenters. The van der Waals surface area contributed by atoms with Crippen molar-refractivity contribution >= 4 is 0 Å². The fourth-order valence-electron chi connectivity index (χ4n) is 3.94. The second-order valence-electron chi connectivity index (χ2n) is 7.05. The molecule has 1 aliphatic heterocycles. The van der Waals surface area contributed by atoms with Gasteiger partial charge in [-0.15, -0.1) is 0 Å². The van der Waals surface area contributed by atoms with Gasteiger partial charge >= 0.3 is 6.18 Å². The average Bonchev–Trinajstić information content (AvgIpc) is 3.15. The van der Waals surface area contributed by atoms with Crippen LogP contribution in [0.3, 0.4) is 0 Å². The molecule has 0 aromatic heterocycles. The summed E-state index contributed by atoms with van der Waals surface area (Å²) in [6.07, 6.45) is -4.46. The van der Waals surface area contributed by atoms with Gasteiger partial charge in [-0.05, 0) is 29.7 Å². The third kappa shape index (κ3) is 2.99. The Hall–Kier alpha value is -2.09. The van der Waals surface area contributed by atoms with Gasteiger partial charge in [0.15, 0.2) is 0 Å². The molecule has 144 valence electrons. The van der Waals surface area contributed by atoms with Crippen molar-refractivity contribution in [2.24, 2.45) is 0 Å². The summed E-state index contributed by atoms with van der Waals surface area (Å²) in [7, 11) is 0. The van der Waals surface area contributed by atoms with Crippen LogP contribution >= 0.6 is 0 Å². The first-order valence-electron chi connectivity index (χ1n) is 8.87. The normalized spacial score (nSPS) is 24.7. The van der Waals surface area contributed by atoms with E-state index < -0.39 is 11.8 Å². The highest BCUT2D eigenvalue weighted by molar-refractivity contribution is 5.81. The van der Waals surface area contributed by atoms with E-state index in [0.29, 0.717) is 30.8 Å². The Balaban J connectivity index is 1.59. The van der Waals surface area contributed by atoms with Crippen LogP contribution in [0.1, 0.15) is 17.5 Å². The molecule has 0 spiro atoms. The number of aliphatic hydroxyl groups excluding tert-OH is 1. The zero-order chi connectivity index (χ0) is 19.2. The third-order valence-electron chi connectivity index (χ3n) is 5.32. The number of nitrogens with zero attached hydrogens (tertiary/aromatic N) is 1. The van der Waals surface area contributed by atoms with Gasteiger partial charge in [0.05, 0.1) is 6.10 Å². The number of β-amino-alcohol motifs (C(OH)–C–C–N with tert-alkyl or cyclic N) is 1. The first kappa shape index (κ1) is 18.3. The summed E-state index contributed by atoms with van der Waals surface area (Å²) in [5.74, 6) is 0.281. The fraction of sp³-hybridized carbons (Fsp3) is 0.400. The molecule has 1 fully saturated rings. The van der Waals surface area contributed by atoms with Crippen LogP contribution in [0.25, 0.3) is 11.1 Å². The Bertz CT molecular complexity index is 855. The van der Waals surface area contributed by atoms with Gasteiger partial charge in [0, 0.05) is 30.8 Å². The number of likely N-dealkylation sites (tertiary alicyclic amines) is 1. The van der Waals surface area contributed by atoms with Crippen LogP contribution in [0.15, 0.2) is 42.5 Å². The van der Waals surface area contributed by atoms with Crippen LogP contribution < -0.4 is 4.74 Å². The smallest absolute Gasteiger partial charge is 0.425 e. The molecule has 0 radical (unpaired) electrons. The number of ether oxygens (including phenoxy) is 1. The van der Waals surface area contributed by atoms with Crippen LogP contribution in [0.2, 0.25) is 0 Å². The molecule has 7 heteroatoms. The van der Waals surface area contributed by atoms with Crippen LogP contribution in [0, 0.1) is 0 Å². The minimum Gasteiger partial charge on any atom is -0.492 e. The second-order valence-corrected chi connectivity index (χ2v) is 7.05. The van der Waals surface area contributed by atoms with E-state index in [2.05, 4.69) is 0 Å². The first-order valence-corrected chi connectivity index (χ1v) is 8.87. The maximum absolute atomic E-state index is 13.8. The molecule has 2 aromatic carbocycles. The van der Waals surface area contributed by atoms with Gasteiger partial charge in [0.2, 0.25) is 5.60 Å². The lowest BCUT2D eigenvalue weighted by molar-refractivity contribution is -0.246. The molecule has 4 nitrogen and oxygen atoms in total. The highest BCUT2D eigenvalue weighted by Crippen LogP contribution is 2.55. The zero-order valence-electron chi connectivity index (χ0n) is 14.5. The molecule has 4 rings (SSSR count). The van der Waals surface area contributed by atoms with E-state index in [9.17, 15) is 23.4 Å². The molecular weight excluding hydrogens is 359 g/mol. The monoisotopic (exact) mass is 379 g/mol. The van der Waals surface area contributed by atoms with Crippen LogP contribution in [0.4, 0.5) is 13.2 Å². The standard InChI is InChI=1S/C20H20F3NO3/c21-20(22,23)19(26)17-4-2-1-3-15(17)16-6-5-14(11-18(16)19)27-10-9-24-8-7-13(25)12-24/h1-6,11,13,25-26H,7-10,12H2/t13-,19?/m0/s1. The van der Waals surface area contributed by atoms with E-state index in [-0.39, 0.29) is 23.0 Å². The molecule has 2 aliphatic rings. The summed E-state index contributed by atoms with van der Waals surface area (Å²) in [6.45, 7) is 2.23. The van der Waals surface area contributed by atoms with Gasteiger partial charge < -0.3 is 14.9 Å². The lowest BCUT2D eigenvalue weighted by atomic mass is 9.91. The summed E-state index contributed by atoms with van der Waals surface area (Å²) in [5, 5.41) is 20.2. The number of halogens is 3. The van der Waals surface area contributed by atoms with Crippen molar-refractivity contribution in [1.82, 2.24) is 4.90 Å². The van der Waals surface area contributed by atoms with Crippen molar-refractivity contribution in [2.45, 2.75) is 24.3 Å². The second kappa shape index (κ2) is 6.51. The van der Waals surface area contributed by atoms with E-state index >= 15 is 0 Å². The highest BCUT2D eigenvalue weighted by Gasteiger charge is 2.60. The maximum atomic E-state index is 13.8. The van der Waals surface area contributed by atoms with Gasteiger partial charge in [0.25, 0.3) is 0 Å². The number of fused-ring (bicyclic) bond motifs is 3. The van der Waals surface area contributed by atoms with E-state index in [1.807, 2.05) is 4.90 Å². The lowest BCUT2D eigenvalue weighted by Crippen LogP contribution is -2.41. The van der Waals surface area contributed by atoms with Gasteiger partial charge in [0.1, 0.15) is 12.4 Å². The summed E-state index contributed by atoms with van der Waals surface area (Å²) in [6, 6.07) is 10.5. The predicted molar refractivity (Wildman–Crippen MR) is 93.5 cm³/mol. The molecule has 27 heavy (non-hydrogen) atoms. The van der Waals surface area contributed by atoms with Crippen molar-refractivity contribution in [3.63, 3.8) is 0 Å². The Kier molecular flexibility index (Phi) is 4.41. The van der Waals surface area contributed by atoms with Crippen molar-refractivity contribution in [2.75, 3.05) is 26.2 Å². The molecule has 0 bridgehead atoms. The van der Waals surface area contributed by atoms with Gasteiger partial charge in [-0.3, -0.25) is 4.90 Å². The summed E-state index contributed by atoms with van der Waals surface area (Å²) >= 11 is 0. The van der Waals surface area contributed by atoms with E-state index in [1.165, 1.54) is 18.2 Å². The molecular formula is C20H20F3NO3. The quantitative estimate of drug-likeness (QED) is 0.858. The van der Waals surface area contributed by atoms with Crippen LogP contribution in [-0.2, 0) is 5.60 Å². The van der Waals surface area contributed by atoms with Crippen molar-refractivity contribution in [3.05, 3.63) is 53.6 Å². The van der Waals surface area contributed by atoms with Gasteiger partial charge in [-0.25, -0.2) is 0 Å². The minimum absolute atomic E-state index is 0.157. The number of benzene rings is 2. The average molecular weight is 379 g/mol. The highest BCUT2D eigenvalue weighted by atomic mass is 19.4. The maximum Gasteiger partial charge on any atom is 0.425 e. The fourth-order valence-corrected chi connectivity index (χ4v) is 3.94. The molecule has 1 aliphatic carbocycles. The molecule has 1 saturated heterocycles. The number of hydrogen-bond donors (Lipinski definition) is 2. The molecule has 2 aromatic rings. The SMILES string of the molecule is O[C@H]1CCN(CCOc2ccc3c(c2)C(O)(C(F)(F)F)c2ccccc2-3)C1. The van der Waals surface area contributed by atoms with Crippen LogP contribution in [0.5, 0.6) is 5.75 Å². The number of rotatable bonds is 4. The number of hydrogen-bond acceptors (Lipinski definition) is 4. The summed E-state index contributed by atoms with van der Waals surface area (Å²) < 4.78 is 47.0. The van der Waals surface area contributed by atoms with E-state index in [4.69, 9.17) is 4.74 Å². The Morgan fingerprint density at radius 3 is 2.56 bits per heavy atom. The largest absolute Gasteiger partial charge is 0.492 e. The topological polar surface area (TPSA) is 52.9 Å². The van der Waals surface area contributed by atoms with E-state index in [1.54, 1.807) is 24.3 Å². The van der Waals surface area contributed by atoms with Crippen molar-refractivity contribution in [3.8, 4) is 16.9 Å². The molecule has 1 heterocycles. The summed E-state index contributed by atoms with van der Waals surface area (Å²) in [5.41, 5.74) is -2.66. The minimum atomic E-state index is -4.85. The Labute approximate surface area is 154 Å². The van der Waals surface area contributed by atoms with E-state index in [0.717, 1.165) is 13.0 Å². The van der Waals surface area contributed by atoms with Crippen molar-refractivity contribution in [1.29, 1.82) is 0 Å². The Morgan fingerprint density at radius 1 is 1.11 bits per heavy atom. The molecule has 2 N–H and O–H groups in total. The zero-order valence-corrected chi connectivity index (χ0v) is 14.5. The predicted octanol–water partition coefficient (Wildman–Crippen LogP) is 2.91. The number of alkyl halides is 3. The summed E-state index contributed by atoms with van der Waals surface area (Å²) in [4.78, 5) is 2.04.